The van der Waals surface area contributed by atoms with Crippen LogP contribution < -0.4 is 0 Å². The van der Waals surface area contributed by atoms with Crippen LogP contribution in [-0.2, 0) is 20.8 Å². The van der Waals surface area contributed by atoms with Gasteiger partial charge in [-0.05, 0) is 31.6 Å². The number of ether oxygens (including phenoxy) is 2. The van der Waals surface area contributed by atoms with E-state index in [1.54, 1.807) is 18.1 Å². The molecule has 28 heavy (non-hydrogen) atoms. The van der Waals surface area contributed by atoms with Crippen LogP contribution in [0, 0.1) is 11.3 Å². The Morgan fingerprint density at radius 3 is 2.89 bits per heavy atom. The third-order valence-electron chi connectivity index (χ3n) is 7.02. The average molecular weight is 392 g/mol. The Kier molecular flexibility index (Phi) is 6.28. The molecule has 4 rings (SSSR count). The van der Waals surface area contributed by atoms with Crippen LogP contribution in [0.5, 0.6) is 0 Å². The lowest BCUT2D eigenvalue weighted by molar-refractivity contribution is -0.142. The van der Waals surface area contributed by atoms with E-state index in [1.165, 1.54) is 19.2 Å². The van der Waals surface area contributed by atoms with Gasteiger partial charge in [0.05, 0.1) is 26.4 Å². The number of piperidine rings is 1. The summed E-state index contributed by atoms with van der Waals surface area (Å²) in [5, 5.41) is 4.10. The molecule has 3 heterocycles. The summed E-state index contributed by atoms with van der Waals surface area (Å²) in [6.07, 6.45) is 8.30. The summed E-state index contributed by atoms with van der Waals surface area (Å²) in [5.41, 5.74) is 0.110. The lowest BCUT2D eigenvalue weighted by Gasteiger charge is -2.54. The fraction of sp³-hybridized carbons (Fsp3) is 0.850. The van der Waals surface area contributed by atoms with Crippen LogP contribution in [0.3, 0.4) is 0 Å². The van der Waals surface area contributed by atoms with Crippen LogP contribution in [0.15, 0.2) is 12.7 Å². The zero-order chi connectivity index (χ0) is 19.4. The van der Waals surface area contributed by atoms with Crippen molar-refractivity contribution in [1.29, 1.82) is 0 Å². The number of fused-ring (bicyclic) bond motifs is 1. The first kappa shape index (κ1) is 19.8. The first-order valence-electron chi connectivity index (χ1n) is 10.6. The highest BCUT2D eigenvalue weighted by Gasteiger charge is 2.48. The molecule has 0 bridgehead atoms. The summed E-state index contributed by atoms with van der Waals surface area (Å²) >= 11 is 0. The number of amides is 1. The number of aromatic nitrogens is 3. The maximum absolute atomic E-state index is 12.8. The van der Waals surface area contributed by atoms with E-state index < -0.39 is 0 Å². The van der Waals surface area contributed by atoms with E-state index in [0.717, 1.165) is 58.8 Å². The summed E-state index contributed by atoms with van der Waals surface area (Å²) in [6, 6.07) is 0.661. The summed E-state index contributed by atoms with van der Waals surface area (Å²) in [4.78, 5) is 21.5. The molecule has 8 nitrogen and oxygen atoms in total. The molecule has 2 saturated heterocycles. The van der Waals surface area contributed by atoms with Crippen molar-refractivity contribution < 1.29 is 14.3 Å². The van der Waals surface area contributed by atoms with Gasteiger partial charge in [0, 0.05) is 51.2 Å². The van der Waals surface area contributed by atoms with E-state index in [1.807, 2.05) is 0 Å². The molecule has 2 aliphatic heterocycles. The molecule has 1 aromatic rings. The van der Waals surface area contributed by atoms with E-state index in [4.69, 9.17) is 9.47 Å². The van der Waals surface area contributed by atoms with Crippen molar-refractivity contribution in [1.82, 2.24) is 24.6 Å². The Morgan fingerprint density at radius 1 is 1.29 bits per heavy atom. The molecule has 1 aliphatic carbocycles. The van der Waals surface area contributed by atoms with Gasteiger partial charge in [-0.25, -0.2) is 4.98 Å². The lowest BCUT2D eigenvalue weighted by atomic mass is 9.61. The number of hydrogen-bond acceptors (Lipinski definition) is 6. The standard InChI is InChI=1S/C20H33N5O3/c1-27-14-20-5-2-18(23-8-10-28-11-9-23)12-17(20)3-6-24(13-20)19(26)4-7-25-16-21-15-22-25/h15-18H,2-14H2,1H3/t17-,18-,20+/m1/s1. The van der Waals surface area contributed by atoms with E-state index >= 15 is 0 Å². The number of carbonyl (C=O) groups excluding carboxylic acids is 1. The number of likely N-dealkylation sites (tertiary alicyclic amines) is 1. The van der Waals surface area contributed by atoms with Gasteiger partial charge in [-0.2, -0.15) is 5.10 Å². The van der Waals surface area contributed by atoms with Crippen LogP contribution in [0.4, 0.5) is 0 Å². The molecule has 0 radical (unpaired) electrons. The summed E-state index contributed by atoms with van der Waals surface area (Å²) in [5.74, 6) is 0.855. The number of aryl methyl sites for hydroxylation is 1. The molecular formula is C20H33N5O3. The molecule has 0 aromatic carbocycles. The van der Waals surface area contributed by atoms with Gasteiger partial charge in [-0.3, -0.25) is 14.4 Å². The molecule has 1 saturated carbocycles. The van der Waals surface area contributed by atoms with Crippen LogP contribution >= 0.6 is 0 Å². The molecule has 3 fully saturated rings. The molecule has 3 aliphatic rings. The van der Waals surface area contributed by atoms with Gasteiger partial charge in [0.2, 0.25) is 5.91 Å². The Labute approximate surface area is 167 Å². The van der Waals surface area contributed by atoms with Crippen molar-refractivity contribution in [2.24, 2.45) is 11.3 Å². The minimum absolute atomic E-state index is 0.110. The maximum Gasteiger partial charge on any atom is 0.224 e. The van der Waals surface area contributed by atoms with Crippen LogP contribution in [0.25, 0.3) is 0 Å². The Bertz CT molecular complexity index is 634. The fourth-order valence-corrected chi connectivity index (χ4v) is 5.48. The predicted molar refractivity (Wildman–Crippen MR) is 104 cm³/mol. The van der Waals surface area contributed by atoms with Crippen LogP contribution in [0.2, 0.25) is 0 Å². The summed E-state index contributed by atoms with van der Waals surface area (Å²) in [7, 11) is 1.80. The van der Waals surface area contributed by atoms with E-state index in [9.17, 15) is 4.79 Å². The Balaban J connectivity index is 1.37. The quantitative estimate of drug-likeness (QED) is 0.721. The summed E-state index contributed by atoms with van der Waals surface area (Å²) in [6.45, 7) is 6.87. The van der Waals surface area contributed by atoms with Gasteiger partial charge < -0.3 is 14.4 Å². The third kappa shape index (κ3) is 4.23. The van der Waals surface area contributed by atoms with Gasteiger partial charge in [0.1, 0.15) is 12.7 Å². The highest BCUT2D eigenvalue weighted by atomic mass is 16.5. The maximum atomic E-state index is 12.8. The van der Waals surface area contributed by atoms with E-state index in [0.29, 0.717) is 24.9 Å². The SMILES string of the molecule is COC[C@@]12CC[C@@H](N3CCOCC3)C[C@H]1CCN(C(=O)CCn1cncn1)C2. The molecule has 8 heteroatoms. The molecule has 0 N–H and O–H groups in total. The summed E-state index contributed by atoms with van der Waals surface area (Å²) < 4.78 is 12.9. The first-order chi connectivity index (χ1) is 13.7. The predicted octanol–water partition coefficient (Wildman–Crippen LogP) is 1.03. The lowest BCUT2D eigenvalue weighted by Crippen LogP contribution is -2.58. The van der Waals surface area contributed by atoms with Gasteiger partial charge in [0.15, 0.2) is 0 Å². The smallest absolute Gasteiger partial charge is 0.224 e. The highest BCUT2D eigenvalue weighted by molar-refractivity contribution is 5.76. The van der Waals surface area contributed by atoms with Crippen LogP contribution in [-0.4, -0.2) is 89.6 Å². The molecular weight excluding hydrogens is 358 g/mol. The monoisotopic (exact) mass is 391 g/mol. The largest absolute Gasteiger partial charge is 0.384 e. The Morgan fingerprint density at radius 2 is 2.14 bits per heavy atom. The zero-order valence-corrected chi connectivity index (χ0v) is 17.0. The number of carbonyl (C=O) groups is 1. The molecule has 3 atom stereocenters. The van der Waals surface area contributed by atoms with E-state index in [2.05, 4.69) is 19.9 Å². The molecule has 1 aromatic heterocycles. The van der Waals surface area contributed by atoms with Crippen LogP contribution in [0.1, 0.15) is 32.1 Å². The third-order valence-corrected chi connectivity index (χ3v) is 7.02. The van der Waals surface area contributed by atoms with E-state index in [-0.39, 0.29) is 11.3 Å². The number of methoxy groups -OCH3 is 1. The highest BCUT2D eigenvalue weighted by Crippen LogP contribution is 2.47. The van der Waals surface area contributed by atoms with Crippen molar-refractivity contribution >= 4 is 5.91 Å². The zero-order valence-electron chi connectivity index (χ0n) is 17.0. The van der Waals surface area contributed by atoms with Gasteiger partial charge in [0.25, 0.3) is 0 Å². The second-order valence-electron chi connectivity index (χ2n) is 8.58. The van der Waals surface area contributed by atoms with Gasteiger partial charge in [-0.15, -0.1) is 0 Å². The van der Waals surface area contributed by atoms with Crippen molar-refractivity contribution in [2.75, 3.05) is 53.1 Å². The minimum Gasteiger partial charge on any atom is -0.384 e. The van der Waals surface area contributed by atoms with Crippen molar-refractivity contribution in [3.8, 4) is 0 Å². The molecule has 1 amide bonds. The van der Waals surface area contributed by atoms with Crippen molar-refractivity contribution in [2.45, 2.75) is 44.7 Å². The number of nitrogens with zero attached hydrogens (tertiary/aromatic N) is 5. The van der Waals surface area contributed by atoms with Crippen molar-refractivity contribution in [3.05, 3.63) is 12.7 Å². The first-order valence-corrected chi connectivity index (χ1v) is 10.6. The minimum atomic E-state index is 0.110. The van der Waals surface area contributed by atoms with Gasteiger partial charge >= 0.3 is 0 Å². The molecule has 0 unspecified atom stereocenters. The van der Waals surface area contributed by atoms with Gasteiger partial charge in [-0.1, -0.05) is 0 Å². The topological polar surface area (TPSA) is 72.7 Å². The number of rotatable bonds is 6. The number of morpholine rings is 1. The second kappa shape index (κ2) is 8.88. The Hall–Kier alpha value is -1.51. The average Bonchev–Trinajstić information content (AvgIpc) is 3.25. The normalized spacial score (nSPS) is 31.5. The molecule has 156 valence electrons. The molecule has 0 spiro atoms. The number of hydrogen-bond donors (Lipinski definition) is 0. The fourth-order valence-electron chi connectivity index (χ4n) is 5.48. The second-order valence-corrected chi connectivity index (χ2v) is 8.58. The van der Waals surface area contributed by atoms with Crippen molar-refractivity contribution in [3.63, 3.8) is 0 Å².